The molecule has 2 aliphatic rings. The van der Waals surface area contributed by atoms with Crippen LogP contribution >= 0.6 is 0 Å². The van der Waals surface area contributed by atoms with Gasteiger partial charge in [-0.1, -0.05) is 42.5 Å². The van der Waals surface area contributed by atoms with Crippen molar-refractivity contribution in [3.05, 3.63) is 54.6 Å². The van der Waals surface area contributed by atoms with Crippen LogP contribution in [-0.2, 0) is 9.59 Å². The first-order valence-electron chi connectivity index (χ1n) is 11.9. The SMILES string of the molecule is N#CNC(=N[C@H]1CCCCN(CC(=O)N2CCCC2)C1=O)Nc1ccc(-c2ccccc2)cc1. The predicted octanol–water partition coefficient (Wildman–Crippen LogP) is 3.20. The Bertz CT molecular complexity index is 1050. The molecule has 2 aliphatic heterocycles. The van der Waals surface area contributed by atoms with Gasteiger partial charge in [-0.15, -0.1) is 0 Å². The number of benzene rings is 2. The number of carbonyl (C=O) groups is 2. The van der Waals surface area contributed by atoms with Crippen LogP contribution in [0, 0.1) is 11.5 Å². The van der Waals surface area contributed by atoms with Crippen molar-refractivity contribution in [2.45, 2.75) is 38.1 Å². The molecular weight excluding hydrogens is 428 g/mol. The molecule has 4 rings (SSSR count). The summed E-state index contributed by atoms with van der Waals surface area (Å²) in [5, 5.41) is 14.9. The highest BCUT2D eigenvalue weighted by Gasteiger charge is 2.30. The van der Waals surface area contributed by atoms with Crippen LogP contribution in [0.2, 0.25) is 0 Å². The Morgan fingerprint density at radius 2 is 1.65 bits per heavy atom. The Balaban J connectivity index is 1.45. The molecule has 0 radical (unpaired) electrons. The van der Waals surface area contributed by atoms with Crippen molar-refractivity contribution in [3.63, 3.8) is 0 Å². The molecule has 176 valence electrons. The first kappa shape index (κ1) is 23.3. The van der Waals surface area contributed by atoms with Gasteiger partial charge in [0.1, 0.15) is 6.04 Å². The van der Waals surface area contributed by atoms with Crippen LogP contribution in [0.4, 0.5) is 5.69 Å². The Morgan fingerprint density at radius 3 is 2.35 bits per heavy atom. The van der Waals surface area contributed by atoms with E-state index in [1.165, 1.54) is 0 Å². The average Bonchev–Trinajstić information content (AvgIpc) is 3.35. The molecule has 2 amide bonds. The summed E-state index contributed by atoms with van der Waals surface area (Å²) in [4.78, 5) is 33.8. The minimum absolute atomic E-state index is 0.00230. The molecule has 2 aromatic carbocycles. The van der Waals surface area contributed by atoms with Gasteiger partial charge in [-0.3, -0.25) is 14.9 Å². The van der Waals surface area contributed by atoms with Crippen LogP contribution in [0.15, 0.2) is 59.6 Å². The van der Waals surface area contributed by atoms with Gasteiger partial charge in [0.05, 0.1) is 6.54 Å². The Hall–Kier alpha value is -3.86. The zero-order valence-corrected chi connectivity index (χ0v) is 19.2. The fraction of sp³-hybridized carbons (Fsp3) is 0.385. The third-order valence-corrected chi connectivity index (χ3v) is 6.25. The van der Waals surface area contributed by atoms with Crippen LogP contribution < -0.4 is 10.6 Å². The number of aliphatic imine (C=N–C) groups is 1. The summed E-state index contributed by atoms with van der Waals surface area (Å²) in [7, 11) is 0. The van der Waals surface area contributed by atoms with Crippen molar-refractivity contribution >= 4 is 23.5 Å². The molecule has 2 N–H and O–H groups in total. The van der Waals surface area contributed by atoms with E-state index < -0.39 is 6.04 Å². The number of amides is 2. The molecule has 2 saturated heterocycles. The zero-order valence-electron chi connectivity index (χ0n) is 19.2. The molecule has 0 bridgehead atoms. The summed E-state index contributed by atoms with van der Waals surface area (Å²) in [5.41, 5.74) is 2.95. The van der Waals surface area contributed by atoms with Crippen LogP contribution in [0.1, 0.15) is 32.1 Å². The van der Waals surface area contributed by atoms with E-state index in [0.29, 0.717) is 13.0 Å². The van der Waals surface area contributed by atoms with E-state index in [2.05, 4.69) is 15.6 Å². The van der Waals surface area contributed by atoms with E-state index in [1.807, 2.05) is 65.7 Å². The lowest BCUT2D eigenvalue weighted by Crippen LogP contribution is -2.45. The van der Waals surface area contributed by atoms with Gasteiger partial charge >= 0.3 is 0 Å². The molecule has 0 saturated carbocycles. The highest BCUT2D eigenvalue weighted by molar-refractivity contribution is 5.97. The van der Waals surface area contributed by atoms with Gasteiger partial charge in [0.25, 0.3) is 0 Å². The number of carbonyl (C=O) groups excluding carboxylic acids is 2. The highest BCUT2D eigenvalue weighted by atomic mass is 16.2. The first-order valence-corrected chi connectivity index (χ1v) is 11.9. The third-order valence-electron chi connectivity index (χ3n) is 6.25. The molecule has 1 atom stereocenters. The second kappa shape index (κ2) is 11.3. The lowest BCUT2D eigenvalue weighted by atomic mass is 10.1. The largest absolute Gasteiger partial charge is 0.341 e. The predicted molar refractivity (Wildman–Crippen MR) is 132 cm³/mol. The smallest absolute Gasteiger partial charge is 0.247 e. The number of likely N-dealkylation sites (tertiary alicyclic amines) is 2. The Labute approximate surface area is 200 Å². The van der Waals surface area contributed by atoms with Gasteiger partial charge in [-0.25, -0.2) is 4.99 Å². The monoisotopic (exact) mass is 458 g/mol. The second-order valence-corrected chi connectivity index (χ2v) is 8.64. The minimum Gasteiger partial charge on any atom is -0.341 e. The van der Waals surface area contributed by atoms with Crippen LogP contribution in [-0.4, -0.2) is 59.8 Å². The number of hydrogen-bond donors (Lipinski definition) is 2. The normalized spacial score (nSPS) is 18.9. The second-order valence-electron chi connectivity index (χ2n) is 8.64. The van der Waals surface area contributed by atoms with E-state index in [1.54, 1.807) is 4.90 Å². The molecule has 2 heterocycles. The summed E-state index contributed by atoms with van der Waals surface area (Å²) < 4.78 is 0. The quantitative estimate of drug-likeness (QED) is 0.310. The van der Waals surface area contributed by atoms with Gasteiger partial charge in [0, 0.05) is 25.3 Å². The van der Waals surface area contributed by atoms with Crippen LogP contribution in [0.5, 0.6) is 0 Å². The fourth-order valence-electron chi connectivity index (χ4n) is 4.41. The maximum Gasteiger partial charge on any atom is 0.247 e. The average molecular weight is 459 g/mol. The molecule has 0 spiro atoms. The molecule has 2 aromatic rings. The van der Waals surface area contributed by atoms with Crippen molar-refractivity contribution in [2.24, 2.45) is 4.99 Å². The maximum absolute atomic E-state index is 13.2. The molecule has 8 nitrogen and oxygen atoms in total. The first-order chi connectivity index (χ1) is 16.6. The fourth-order valence-corrected chi connectivity index (χ4v) is 4.41. The summed E-state index contributed by atoms with van der Waals surface area (Å²) in [6.45, 7) is 2.19. The lowest BCUT2D eigenvalue weighted by Gasteiger charge is -2.25. The number of guanidine groups is 1. The maximum atomic E-state index is 13.2. The van der Waals surface area contributed by atoms with E-state index in [9.17, 15) is 14.9 Å². The number of hydrogen-bond acceptors (Lipinski definition) is 4. The van der Waals surface area contributed by atoms with Crippen molar-refractivity contribution < 1.29 is 9.59 Å². The van der Waals surface area contributed by atoms with Crippen molar-refractivity contribution in [3.8, 4) is 17.3 Å². The van der Waals surface area contributed by atoms with E-state index in [0.717, 1.165) is 55.6 Å². The summed E-state index contributed by atoms with van der Waals surface area (Å²) in [6, 6.07) is 17.2. The van der Waals surface area contributed by atoms with E-state index in [-0.39, 0.29) is 24.3 Å². The summed E-state index contributed by atoms with van der Waals surface area (Å²) in [5.74, 6) is 0.0621. The third kappa shape index (κ3) is 5.93. The highest BCUT2D eigenvalue weighted by Crippen LogP contribution is 2.21. The Kier molecular flexibility index (Phi) is 7.76. The summed E-state index contributed by atoms with van der Waals surface area (Å²) >= 11 is 0. The van der Waals surface area contributed by atoms with Crippen LogP contribution in [0.25, 0.3) is 11.1 Å². The molecular formula is C26H30N6O2. The topological polar surface area (TPSA) is 101 Å². The molecule has 0 aliphatic carbocycles. The molecule has 8 heteroatoms. The number of anilines is 1. The van der Waals surface area contributed by atoms with Gasteiger partial charge in [-0.05, 0) is 55.4 Å². The van der Waals surface area contributed by atoms with Gasteiger partial charge < -0.3 is 15.1 Å². The van der Waals surface area contributed by atoms with Crippen molar-refractivity contribution in [2.75, 3.05) is 31.5 Å². The number of rotatable bonds is 5. The zero-order chi connectivity index (χ0) is 23.8. The molecule has 0 unspecified atom stereocenters. The van der Waals surface area contributed by atoms with E-state index >= 15 is 0 Å². The summed E-state index contributed by atoms with van der Waals surface area (Å²) in [6.07, 6.45) is 6.19. The van der Waals surface area contributed by atoms with Crippen molar-refractivity contribution in [1.82, 2.24) is 15.1 Å². The van der Waals surface area contributed by atoms with E-state index in [4.69, 9.17) is 0 Å². The molecule has 2 fully saturated rings. The molecule has 0 aromatic heterocycles. The standard InChI is InChI=1S/C26H30N6O2/c27-19-28-26(29-22-13-11-21(12-14-22)20-8-2-1-3-9-20)30-23-10-4-5-17-32(25(23)34)18-24(33)31-15-6-7-16-31/h1-3,8-9,11-14,23H,4-7,10,15-18H2,(H2,28,29,30)/t23-/m0/s1. The van der Waals surface area contributed by atoms with Crippen molar-refractivity contribution in [1.29, 1.82) is 5.26 Å². The van der Waals surface area contributed by atoms with Gasteiger partial charge in [-0.2, -0.15) is 5.26 Å². The molecule has 34 heavy (non-hydrogen) atoms. The minimum atomic E-state index is -0.638. The Morgan fingerprint density at radius 1 is 0.971 bits per heavy atom. The number of nitriles is 1. The van der Waals surface area contributed by atoms with Gasteiger partial charge in [0.15, 0.2) is 6.19 Å². The van der Waals surface area contributed by atoms with Crippen LogP contribution in [0.3, 0.4) is 0 Å². The van der Waals surface area contributed by atoms with Gasteiger partial charge in [0.2, 0.25) is 17.8 Å². The lowest BCUT2D eigenvalue weighted by molar-refractivity contribution is -0.140. The number of nitrogens with one attached hydrogen (secondary N) is 2. The number of nitrogens with zero attached hydrogens (tertiary/aromatic N) is 4.